The highest BCUT2D eigenvalue weighted by molar-refractivity contribution is 7.90. The second kappa shape index (κ2) is 9.18. The van der Waals surface area contributed by atoms with E-state index in [1.807, 2.05) is 20.8 Å². The van der Waals surface area contributed by atoms with Crippen molar-refractivity contribution in [2.24, 2.45) is 0 Å². The number of carboxylic acid groups (broad SMARTS) is 1. The first-order valence-electron chi connectivity index (χ1n) is 10.9. The number of alkyl halides is 3. The molecule has 1 aromatic carbocycles. The SMILES string of the molecule is CC(C)(C)c1cccc(S(=O)(=O)n2c(Cc3cncc(OC(=O)O)c3)cc3cc(C(F)(F)F)ncc32)c1. The number of carbonyl (C=O) groups is 1. The Kier molecular flexibility index (Phi) is 6.49. The number of halogens is 3. The third kappa shape index (κ3) is 5.43. The van der Waals surface area contributed by atoms with Gasteiger partial charge in [0.2, 0.25) is 0 Å². The number of rotatable bonds is 5. The fourth-order valence-electron chi connectivity index (χ4n) is 3.86. The molecule has 0 aliphatic carbocycles. The molecule has 0 saturated carbocycles. The van der Waals surface area contributed by atoms with Gasteiger partial charge in [-0.2, -0.15) is 13.2 Å². The van der Waals surface area contributed by atoms with Crippen LogP contribution in [0.4, 0.5) is 18.0 Å². The van der Waals surface area contributed by atoms with Crippen molar-refractivity contribution in [1.29, 1.82) is 0 Å². The van der Waals surface area contributed by atoms with Crippen molar-refractivity contribution in [3.63, 3.8) is 0 Å². The highest BCUT2D eigenvalue weighted by atomic mass is 32.2. The Morgan fingerprint density at radius 3 is 2.43 bits per heavy atom. The number of benzene rings is 1. The fraction of sp³-hybridized carbons (Fsp3) is 0.240. The van der Waals surface area contributed by atoms with Crippen LogP contribution in [0, 0.1) is 0 Å². The van der Waals surface area contributed by atoms with Crippen molar-refractivity contribution < 1.29 is 36.2 Å². The molecule has 0 fully saturated rings. The van der Waals surface area contributed by atoms with Gasteiger partial charge in [-0.05, 0) is 46.9 Å². The molecular formula is C25H22F3N3O5S. The maximum Gasteiger partial charge on any atom is 0.511 e. The number of ether oxygens (including phenoxy) is 1. The van der Waals surface area contributed by atoms with E-state index in [4.69, 9.17) is 5.11 Å². The lowest BCUT2D eigenvalue weighted by Crippen LogP contribution is -2.18. The smallest absolute Gasteiger partial charge is 0.449 e. The van der Waals surface area contributed by atoms with Gasteiger partial charge in [-0.1, -0.05) is 32.9 Å². The van der Waals surface area contributed by atoms with Crippen LogP contribution in [0.2, 0.25) is 0 Å². The van der Waals surface area contributed by atoms with Crippen LogP contribution in [-0.4, -0.2) is 33.6 Å². The van der Waals surface area contributed by atoms with Crippen molar-refractivity contribution in [3.8, 4) is 5.75 Å². The third-order valence-corrected chi connectivity index (χ3v) is 7.37. The van der Waals surface area contributed by atoms with Crippen LogP contribution in [0.5, 0.6) is 5.75 Å². The van der Waals surface area contributed by atoms with Gasteiger partial charge in [-0.15, -0.1) is 0 Å². The lowest BCUT2D eigenvalue weighted by molar-refractivity contribution is -0.141. The number of aromatic nitrogens is 3. The lowest BCUT2D eigenvalue weighted by Gasteiger charge is -2.20. The predicted molar refractivity (Wildman–Crippen MR) is 128 cm³/mol. The maximum absolute atomic E-state index is 13.9. The third-order valence-electron chi connectivity index (χ3n) is 5.60. The summed E-state index contributed by atoms with van der Waals surface area (Å²) in [7, 11) is -4.28. The molecule has 0 bridgehead atoms. The van der Waals surface area contributed by atoms with Gasteiger partial charge in [-0.25, -0.2) is 22.2 Å². The van der Waals surface area contributed by atoms with Gasteiger partial charge in [0.15, 0.2) is 5.75 Å². The second-order valence-electron chi connectivity index (χ2n) is 9.38. The molecule has 0 amide bonds. The van der Waals surface area contributed by atoms with Crippen molar-refractivity contribution in [2.75, 3.05) is 0 Å². The van der Waals surface area contributed by atoms with Crippen LogP contribution in [-0.2, 0) is 28.0 Å². The molecule has 0 atom stereocenters. The molecule has 4 aromatic rings. The normalized spacial score (nSPS) is 12.6. The van der Waals surface area contributed by atoms with Crippen molar-refractivity contribution in [3.05, 3.63) is 83.6 Å². The van der Waals surface area contributed by atoms with E-state index in [1.54, 1.807) is 12.1 Å². The molecule has 1 N–H and O–H groups in total. The highest BCUT2D eigenvalue weighted by Crippen LogP contribution is 2.34. The molecule has 0 aliphatic heterocycles. The summed E-state index contributed by atoms with van der Waals surface area (Å²) in [5.41, 5.74) is -0.278. The minimum absolute atomic E-state index is 0.0266. The standard InChI is InChI=1S/C25H22F3N3O5S/c1-24(2,3)17-5-4-6-20(11-17)37(34,35)31-18(7-15-8-19(13-29-12-15)36-23(32)33)9-16-10-22(25(26,27)28)30-14-21(16)31/h4-6,8-14H,7H2,1-3H3,(H,32,33). The number of pyridine rings is 2. The zero-order valence-electron chi connectivity index (χ0n) is 19.9. The van der Waals surface area contributed by atoms with E-state index in [-0.39, 0.29) is 39.1 Å². The van der Waals surface area contributed by atoms with Crippen LogP contribution in [0.15, 0.2) is 66.0 Å². The van der Waals surface area contributed by atoms with E-state index in [0.29, 0.717) is 5.56 Å². The minimum Gasteiger partial charge on any atom is -0.449 e. The summed E-state index contributed by atoms with van der Waals surface area (Å²) in [6.45, 7) is 5.78. The molecule has 8 nitrogen and oxygen atoms in total. The number of nitrogens with zero attached hydrogens (tertiary/aromatic N) is 3. The molecule has 3 aromatic heterocycles. The van der Waals surface area contributed by atoms with E-state index in [0.717, 1.165) is 21.8 Å². The van der Waals surface area contributed by atoms with Crippen molar-refractivity contribution >= 4 is 27.1 Å². The largest absolute Gasteiger partial charge is 0.511 e. The van der Waals surface area contributed by atoms with Gasteiger partial charge in [0.25, 0.3) is 10.0 Å². The predicted octanol–water partition coefficient (Wildman–Crippen LogP) is 5.63. The summed E-state index contributed by atoms with van der Waals surface area (Å²) in [5, 5.41) is 8.89. The van der Waals surface area contributed by atoms with Crippen molar-refractivity contribution in [1.82, 2.24) is 13.9 Å². The van der Waals surface area contributed by atoms with Crippen molar-refractivity contribution in [2.45, 2.75) is 43.7 Å². The highest BCUT2D eigenvalue weighted by Gasteiger charge is 2.34. The fourth-order valence-corrected chi connectivity index (χ4v) is 5.43. The quantitative estimate of drug-likeness (QED) is 0.331. The number of hydrogen-bond acceptors (Lipinski definition) is 6. The molecule has 0 spiro atoms. The summed E-state index contributed by atoms with van der Waals surface area (Å²) < 4.78 is 73.3. The molecule has 194 valence electrons. The Bertz CT molecular complexity index is 1610. The van der Waals surface area contributed by atoms with Crippen LogP contribution in [0.1, 0.15) is 43.3 Å². The Hall–Kier alpha value is -3.93. The summed E-state index contributed by atoms with van der Waals surface area (Å²) >= 11 is 0. The number of hydrogen-bond donors (Lipinski definition) is 1. The van der Waals surface area contributed by atoms with Gasteiger partial charge in [0.05, 0.1) is 22.8 Å². The van der Waals surface area contributed by atoms with Crippen LogP contribution in [0.25, 0.3) is 10.9 Å². The first kappa shape index (κ1) is 26.1. The zero-order chi connectivity index (χ0) is 27.2. The summed E-state index contributed by atoms with van der Waals surface area (Å²) in [4.78, 5) is 18.2. The minimum atomic E-state index is -4.72. The van der Waals surface area contributed by atoms with Gasteiger partial charge < -0.3 is 9.84 Å². The molecule has 0 unspecified atom stereocenters. The molecule has 12 heteroatoms. The van der Waals surface area contributed by atoms with Gasteiger partial charge in [-0.3, -0.25) is 4.98 Å². The summed E-state index contributed by atoms with van der Waals surface area (Å²) in [6, 6.07) is 9.84. The number of fused-ring (bicyclic) bond motifs is 1. The molecule has 0 saturated heterocycles. The van der Waals surface area contributed by atoms with Gasteiger partial charge in [0, 0.05) is 23.7 Å². The monoisotopic (exact) mass is 533 g/mol. The first-order valence-corrected chi connectivity index (χ1v) is 12.4. The van der Waals surface area contributed by atoms with E-state index in [1.165, 1.54) is 36.7 Å². The van der Waals surface area contributed by atoms with E-state index in [2.05, 4.69) is 14.7 Å². The second-order valence-corrected chi connectivity index (χ2v) is 11.2. The van der Waals surface area contributed by atoms with E-state index < -0.39 is 28.0 Å². The first-order chi connectivity index (χ1) is 17.2. The Morgan fingerprint density at radius 1 is 1.05 bits per heavy atom. The Morgan fingerprint density at radius 2 is 1.78 bits per heavy atom. The summed E-state index contributed by atoms with van der Waals surface area (Å²) in [6.07, 6.45) is -2.94. The molecule has 3 heterocycles. The molecule has 4 rings (SSSR count). The maximum atomic E-state index is 13.9. The van der Waals surface area contributed by atoms with Crippen LogP contribution in [0.3, 0.4) is 0 Å². The van der Waals surface area contributed by atoms with E-state index in [9.17, 15) is 26.4 Å². The van der Waals surface area contributed by atoms with Crippen LogP contribution >= 0.6 is 0 Å². The summed E-state index contributed by atoms with van der Waals surface area (Å²) in [5.74, 6) is -0.0885. The van der Waals surface area contributed by atoms with Gasteiger partial charge >= 0.3 is 12.3 Å². The van der Waals surface area contributed by atoms with Gasteiger partial charge in [0.1, 0.15) is 5.69 Å². The molecular weight excluding hydrogens is 511 g/mol. The topological polar surface area (TPSA) is 111 Å². The molecule has 37 heavy (non-hydrogen) atoms. The van der Waals surface area contributed by atoms with Crippen LogP contribution < -0.4 is 4.74 Å². The van der Waals surface area contributed by atoms with E-state index >= 15 is 0 Å². The average Bonchev–Trinajstić information content (AvgIpc) is 3.15. The molecule has 0 aliphatic rings. The Balaban J connectivity index is 1.91. The Labute approximate surface area is 210 Å². The molecule has 0 radical (unpaired) electrons. The lowest BCUT2D eigenvalue weighted by atomic mass is 9.87. The zero-order valence-corrected chi connectivity index (χ0v) is 20.8. The average molecular weight is 534 g/mol.